The summed E-state index contributed by atoms with van der Waals surface area (Å²) in [5, 5.41) is 11.2. The van der Waals surface area contributed by atoms with Crippen LogP contribution in [0.5, 0.6) is 0 Å². The minimum Gasteiger partial charge on any atom is -0.478 e. The number of nitrogens with zero attached hydrogens (tertiary/aromatic N) is 1. The van der Waals surface area contributed by atoms with Crippen molar-refractivity contribution in [2.45, 2.75) is 0 Å². The Morgan fingerprint density at radius 3 is 2.52 bits per heavy atom. The largest absolute Gasteiger partial charge is 0.478 e. The zero-order chi connectivity index (χ0) is 15.7. The van der Waals surface area contributed by atoms with Crippen molar-refractivity contribution in [3.05, 3.63) is 50.8 Å². The van der Waals surface area contributed by atoms with Gasteiger partial charge in [0.15, 0.2) is 17.5 Å². The van der Waals surface area contributed by atoms with Gasteiger partial charge in [0.1, 0.15) is 5.82 Å². The lowest BCUT2D eigenvalue weighted by atomic mass is 10.1. The molecule has 110 valence electrons. The van der Waals surface area contributed by atoms with Gasteiger partial charge in [-0.05, 0) is 28.1 Å². The van der Waals surface area contributed by atoms with Gasteiger partial charge in [-0.2, -0.15) is 0 Å². The molecule has 0 bridgehead atoms. The van der Waals surface area contributed by atoms with Crippen LogP contribution in [0, 0.1) is 17.5 Å². The maximum Gasteiger partial charge on any atom is 0.338 e. The Bertz CT molecular complexity index is 743. The Labute approximate surface area is 129 Å². The zero-order valence-corrected chi connectivity index (χ0v) is 12.3. The van der Waals surface area contributed by atoms with Crippen LogP contribution in [0.1, 0.15) is 10.4 Å². The molecule has 0 saturated heterocycles. The van der Waals surface area contributed by atoms with Crippen LogP contribution < -0.4 is 5.32 Å². The van der Waals surface area contributed by atoms with Crippen molar-refractivity contribution >= 4 is 45.0 Å². The molecule has 2 N–H and O–H groups in total. The Morgan fingerprint density at radius 2 is 1.95 bits per heavy atom. The Hall–Kier alpha value is -1.80. The van der Waals surface area contributed by atoms with Crippen molar-refractivity contribution < 1.29 is 23.1 Å². The first-order valence-electron chi connectivity index (χ1n) is 5.30. The Balaban J connectivity index is 2.57. The van der Waals surface area contributed by atoms with Gasteiger partial charge in [0.2, 0.25) is 0 Å². The summed E-state index contributed by atoms with van der Waals surface area (Å²) in [6, 6.07) is 1.78. The highest BCUT2D eigenvalue weighted by Crippen LogP contribution is 2.31. The number of carboxylic acids is 1. The van der Waals surface area contributed by atoms with Crippen molar-refractivity contribution in [2.24, 2.45) is 0 Å². The van der Waals surface area contributed by atoms with Crippen LogP contribution in [0.25, 0.3) is 0 Å². The van der Waals surface area contributed by atoms with Crippen LogP contribution in [0.4, 0.5) is 24.7 Å². The second-order valence-electron chi connectivity index (χ2n) is 3.82. The first kappa shape index (κ1) is 15.6. The number of hydrogen-bond acceptors (Lipinski definition) is 3. The van der Waals surface area contributed by atoms with E-state index in [0.29, 0.717) is 10.5 Å². The molecule has 0 aliphatic carbocycles. The normalized spacial score (nSPS) is 10.5. The van der Waals surface area contributed by atoms with Crippen LogP contribution in [0.15, 0.2) is 22.8 Å². The van der Waals surface area contributed by atoms with Crippen molar-refractivity contribution in [1.82, 2.24) is 4.98 Å². The topological polar surface area (TPSA) is 62.2 Å². The standard InChI is InChI=1S/C12H5BrClF3N2O2/c13-4-1-6(14)11(18-3-4)19-10-5(12(20)21)2-7(15)8(16)9(10)17/h1-3H,(H,18,19)(H,20,21). The number of hydrogen-bond donors (Lipinski definition) is 2. The number of pyridine rings is 1. The lowest BCUT2D eigenvalue weighted by molar-refractivity contribution is 0.0696. The number of nitrogens with one attached hydrogen (secondary N) is 1. The zero-order valence-electron chi connectivity index (χ0n) is 9.92. The van der Waals surface area contributed by atoms with Gasteiger partial charge in [-0.15, -0.1) is 0 Å². The quantitative estimate of drug-likeness (QED) is 0.776. The van der Waals surface area contributed by atoms with Gasteiger partial charge < -0.3 is 10.4 Å². The fourth-order valence-corrected chi connectivity index (χ4v) is 2.19. The van der Waals surface area contributed by atoms with Gasteiger partial charge in [-0.1, -0.05) is 11.6 Å². The summed E-state index contributed by atoms with van der Waals surface area (Å²) in [5.74, 6) is -6.81. The van der Waals surface area contributed by atoms with E-state index in [1.165, 1.54) is 12.3 Å². The van der Waals surface area contributed by atoms with E-state index in [9.17, 15) is 18.0 Å². The van der Waals surface area contributed by atoms with Crippen molar-refractivity contribution in [1.29, 1.82) is 0 Å². The Morgan fingerprint density at radius 1 is 1.29 bits per heavy atom. The SMILES string of the molecule is O=C(O)c1cc(F)c(F)c(F)c1Nc1ncc(Br)cc1Cl. The molecule has 0 spiro atoms. The van der Waals surface area contributed by atoms with E-state index >= 15 is 0 Å². The van der Waals surface area contributed by atoms with E-state index in [4.69, 9.17) is 16.7 Å². The average molecular weight is 382 g/mol. The van der Waals surface area contributed by atoms with E-state index in [2.05, 4.69) is 26.2 Å². The highest BCUT2D eigenvalue weighted by atomic mass is 79.9. The molecule has 0 unspecified atom stereocenters. The molecule has 0 saturated carbocycles. The van der Waals surface area contributed by atoms with E-state index in [1.54, 1.807) is 0 Å². The van der Waals surface area contributed by atoms with Gasteiger partial charge in [-0.25, -0.2) is 22.9 Å². The molecule has 2 aromatic rings. The van der Waals surface area contributed by atoms with Crippen LogP contribution in [0.2, 0.25) is 5.02 Å². The van der Waals surface area contributed by atoms with Crippen molar-refractivity contribution in [3.63, 3.8) is 0 Å². The summed E-state index contributed by atoms with van der Waals surface area (Å²) in [5.41, 5.74) is -1.55. The second-order valence-corrected chi connectivity index (χ2v) is 5.15. The maximum atomic E-state index is 13.8. The fraction of sp³-hybridized carbons (Fsp3) is 0. The third-order valence-corrected chi connectivity index (χ3v) is 3.17. The van der Waals surface area contributed by atoms with Gasteiger partial charge in [0, 0.05) is 10.7 Å². The average Bonchev–Trinajstić information content (AvgIpc) is 2.41. The number of aromatic carboxylic acids is 1. The second kappa shape index (κ2) is 5.90. The molecule has 21 heavy (non-hydrogen) atoms. The molecule has 0 fully saturated rings. The summed E-state index contributed by atoms with van der Waals surface area (Å²) >= 11 is 8.94. The van der Waals surface area contributed by atoms with E-state index in [1.807, 2.05) is 0 Å². The molecule has 4 nitrogen and oxygen atoms in total. The van der Waals surface area contributed by atoms with Gasteiger partial charge in [0.25, 0.3) is 0 Å². The van der Waals surface area contributed by atoms with E-state index < -0.39 is 34.7 Å². The maximum absolute atomic E-state index is 13.8. The summed E-state index contributed by atoms with van der Waals surface area (Å²) < 4.78 is 40.6. The number of anilines is 2. The molecule has 2 rings (SSSR count). The third-order valence-electron chi connectivity index (χ3n) is 2.44. The first-order chi connectivity index (χ1) is 9.81. The fourth-order valence-electron chi connectivity index (χ4n) is 1.51. The number of carboxylic acid groups (broad SMARTS) is 1. The molecule has 0 aliphatic heterocycles. The minimum atomic E-state index is -1.80. The van der Waals surface area contributed by atoms with Crippen molar-refractivity contribution in [2.75, 3.05) is 5.32 Å². The molecule has 0 aliphatic rings. The number of benzene rings is 1. The van der Waals surface area contributed by atoms with Gasteiger partial charge >= 0.3 is 5.97 Å². The van der Waals surface area contributed by atoms with E-state index in [0.717, 1.165) is 0 Å². The number of halogens is 5. The third kappa shape index (κ3) is 3.11. The van der Waals surface area contributed by atoms with Crippen LogP contribution in [0.3, 0.4) is 0 Å². The highest BCUT2D eigenvalue weighted by molar-refractivity contribution is 9.10. The molecule has 0 amide bonds. The summed E-state index contributed by atoms with van der Waals surface area (Å²) in [6.07, 6.45) is 1.31. The number of carbonyl (C=O) groups is 1. The van der Waals surface area contributed by atoms with Crippen LogP contribution in [-0.4, -0.2) is 16.1 Å². The molecule has 1 heterocycles. The van der Waals surface area contributed by atoms with Gasteiger partial charge in [-0.3, -0.25) is 0 Å². The van der Waals surface area contributed by atoms with E-state index in [-0.39, 0.29) is 10.8 Å². The molecule has 0 radical (unpaired) electrons. The Kier molecular flexibility index (Phi) is 4.38. The molecule has 0 atom stereocenters. The predicted molar refractivity (Wildman–Crippen MR) is 73.5 cm³/mol. The van der Waals surface area contributed by atoms with Crippen LogP contribution >= 0.6 is 27.5 Å². The highest BCUT2D eigenvalue weighted by Gasteiger charge is 2.23. The summed E-state index contributed by atoms with van der Waals surface area (Å²) in [4.78, 5) is 14.8. The molecular formula is C12H5BrClF3N2O2. The smallest absolute Gasteiger partial charge is 0.338 e. The number of aromatic nitrogens is 1. The molecule has 9 heteroatoms. The monoisotopic (exact) mass is 380 g/mol. The first-order valence-corrected chi connectivity index (χ1v) is 6.47. The lowest BCUT2D eigenvalue weighted by Gasteiger charge is -2.12. The summed E-state index contributed by atoms with van der Waals surface area (Å²) in [6.45, 7) is 0. The lowest BCUT2D eigenvalue weighted by Crippen LogP contribution is -2.09. The van der Waals surface area contributed by atoms with Gasteiger partial charge in [0.05, 0.1) is 16.3 Å². The molecular weight excluding hydrogens is 376 g/mol. The molecule has 1 aromatic heterocycles. The predicted octanol–water partition coefficient (Wildman–Crippen LogP) is 4.36. The minimum absolute atomic E-state index is 0.0323. The summed E-state index contributed by atoms with van der Waals surface area (Å²) in [7, 11) is 0. The number of rotatable bonds is 3. The van der Waals surface area contributed by atoms with Crippen molar-refractivity contribution in [3.8, 4) is 0 Å². The molecule has 1 aromatic carbocycles. The van der Waals surface area contributed by atoms with Crippen LogP contribution in [-0.2, 0) is 0 Å².